The second-order valence-electron chi connectivity index (χ2n) is 8.14. The Morgan fingerprint density at radius 3 is 2.45 bits per heavy atom. The summed E-state index contributed by atoms with van der Waals surface area (Å²) in [4.78, 5) is 0. The summed E-state index contributed by atoms with van der Waals surface area (Å²) in [5.74, 6) is -0.357. The van der Waals surface area contributed by atoms with E-state index in [0.29, 0.717) is 30.8 Å². The predicted octanol–water partition coefficient (Wildman–Crippen LogP) is 6.39. The van der Waals surface area contributed by atoms with Crippen molar-refractivity contribution >= 4 is 6.08 Å². The van der Waals surface area contributed by atoms with Gasteiger partial charge in [-0.2, -0.15) is 5.10 Å². The molecule has 6 heteroatoms. The number of ether oxygens (including phenoxy) is 1. The van der Waals surface area contributed by atoms with E-state index >= 15 is 0 Å². The van der Waals surface area contributed by atoms with Gasteiger partial charge in [0.15, 0.2) is 0 Å². The summed E-state index contributed by atoms with van der Waals surface area (Å²) >= 11 is 0. The Hall–Kier alpha value is -2.86. The van der Waals surface area contributed by atoms with E-state index in [2.05, 4.69) is 5.10 Å². The highest BCUT2D eigenvalue weighted by atomic mass is 19.3. The van der Waals surface area contributed by atoms with Crippen LogP contribution in [0, 0.1) is 11.2 Å². The molecule has 3 aromatic rings. The van der Waals surface area contributed by atoms with Gasteiger partial charge in [-0.15, -0.1) is 0 Å². The van der Waals surface area contributed by atoms with Gasteiger partial charge < -0.3 is 4.74 Å². The van der Waals surface area contributed by atoms with Gasteiger partial charge in [-0.1, -0.05) is 37.3 Å². The van der Waals surface area contributed by atoms with Crippen LogP contribution in [-0.4, -0.2) is 22.8 Å². The first kappa shape index (κ1) is 21.4. The van der Waals surface area contributed by atoms with Crippen molar-refractivity contribution in [2.24, 2.45) is 5.41 Å². The molecule has 1 aromatic heterocycles. The van der Waals surface area contributed by atoms with Crippen molar-refractivity contribution in [1.29, 1.82) is 0 Å². The second-order valence-corrected chi connectivity index (χ2v) is 8.14. The van der Waals surface area contributed by atoms with Crippen LogP contribution in [0.1, 0.15) is 43.2 Å². The average Bonchev–Trinajstić information content (AvgIpc) is 3.16. The Balaban J connectivity index is 1.71. The van der Waals surface area contributed by atoms with Crippen molar-refractivity contribution in [2.45, 2.75) is 39.2 Å². The van der Waals surface area contributed by atoms with Crippen molar-refractivity contribution in [2.75, 3.05) is 6.61 Å². The lowest BCUT2D eigenvalue weighted by atomic mass is 9.69. The van der Waals surface area contributed by atoms with E-state index < -0.39 is 11.8 Å². The van der Waals surface area contributed by atoms with Crippen molar-refractivity contribution in [1.82, 2.24) is 9.78 Å². The molecule has 0 spiro atoms. The van der Waals surface area contributed by atoms with Gasteiger partial charge in [0.1, 0.15) is 5.82 Å². The molecule has 162 valence electrons. The van der Waals surface area contributed by atoms with Gasteiger partial charge in [-0.25, -0.2) is 17.9 Å². The number of rotatable bonds is 7. The SMILES string of the molecule is CCOC(C[C@@]1(C)Cc2cnn(-c3ccc(F)cc3)c2C=C1C(F)F)c1ccccc1. The van der Waals surface area contributed by atoms with Gasteiger partial charge in [-0.05, 0) is 61.2 Å². The Labute approximate surface area is 180 Å². The molecule has 1 heterocycles. The Morgan fingerprint density at radius 2 is 1.81 bits per heavy atom. The maximum atomic E-state index is 14.3. The van der Waals surface area contributed by atoms with Gasteiger partial charge >= 0.3 is 0 Å². The highest BCUT2D eigenvalue weighted by Gasteiger charge is 2.41. The molecule has 0 saturated heterocycles. The molecule has 0 N–H and O–H groups in total. The molecule has 0 radical (unpaired) electrons. The van der Waals surface area contributed by atoms with E-state index in [-0.39, 0.29) is 17.5 Å². The smallest absolute Gasteiger partial charge is 0.260 e. The lowest BCUT2D eigenvalue weighted by molar-refractivity contribution is 0.0254. The molecule has 3 nitrogen and oxygen atoms in total. The van der Waals surface area contributed by atoms with Crippen LogP contribution in [0.25, 0.3) is 11.8 Å². The highest BCUT2D eigenvalue weighted by Crippen LogP contribution is 2.47. The van der Waals surface area contributed by atoms with Crippen LogP contribution in [0.2, 0.25) is 0 Å². The average molecular weight is 426 g/mol. The predicted molar refractivity (Wildman–Crippen MR) is 115 cm³/mol. The fourth-order valence-corrected chi connectivity index (χ4v) is 4.38. The molecule has 31 heavy (non-hydrogen) atoms. The number of halogens is 3. The van der Waals surface area contributed by atoms with E-state index in [0.717, 1.165) is 11.1 Å². The standard InChI is InChI=1S/C25H25F3N2O/c1-3-31-23(17-7-5-4-6-8-17)15-25(2)14-18-16-29-30(20-11-9-19(26)10-12-20)22(18)13-21(25)24(27)28/h4-13,16,23-24H,3,14-15H2,1-2H3/t23?,25-/m1/s1. The third-order valence-corrected chi connectivity index (χ3v) is 5.94. The Morgan fingerprint density at radius 1 is 1.10 bits per heavy atom. The molecule has 0 amide bonds. The minimum atomic E-state index is -2.60. The summed E-state index contributed by atoms with van der Waals surface area (Å²) in [5.41, 5.74) is 2.41. The van der Waals surface area contributed by atoms with Crippen molar-refractivity contribution in [3.8, 4) is 5.69 Å². The number of fused-ring (bicyclic) bond motifs is 1. The van der Waals surface area contributed by atoms with Crippen LogP contribution in [0.3, 0.4) is 0 Å². The van der Waals surface area contributed by atoms with Gasteiger partial charge in [0, 0.05) is 17.6 Å². The summed E-state index contributed by atoms with van der Waals surface area (Å²) < 4.78 is 49.4. The van der Waals surface area contributed by atoms with Gasteiger partial charge in [0.25, 0.3) is 6.43 Å². The zero-order valence-corrected chi connectivity index (χ0v) is 17.6. The molecule has 0 aliphatic heterocycles. The number of hydrogen-bond acceptors (Lipinski definition) is 2. The zero-order chi connectivity index (χ0) is 22.0. The number of alkyl halides is 2. The summed E-state index contributed by atoms with van der Waals surface area (Å²) in [6.07, 6.45) is 1.24. The van der Waals surface area contributed by atoms with Crippen LogP contribution >= 0.6 is 0 Å². The van der Waals surface area contributed by atoms with E-state index in [1.165, 1.54) is 12.1 Å². The molecular weight excluding hydrogens is 401 g/mol. The maximum absolute atomic E-state index is 14.3. The number of benzene rings is 2. The lowest BCUT2D eigenvalue weighted by Gasteiger charge is -2.38. The number of allylic oxidation sites excluding steroid dienone is 1. The molecule has 2 atom stereocenters. The summed E-state index contributed by atoms with van der Waals surface area (Å²) in [6.45, 7) is 4.28. The quantitative estimate of drug-likeness (QED) is 0.438. The van der Waals surface area contributed by atoms with Crippen LogP contribution in [0.4, 0.5) is 13.2 Å². The fraction of sp³-hybridized carbons (Fsp3) is 0.320. The van der Waals surface area contributed by atoms with Crippen LogP contribution < -0.4 is 0 Å². The highest BCUT2D eigenvalue weighted by molar-refractivity contribution is 5.61. The summed E-state index contributed by atoms with van der Waals surface area (Å²) in [6, 6.07) is 15.6. The minimum absolute atomic E-state index is 0.0736. The first-order valence-electron chi connectivity index (χ1n) is 10.4. The minimum Gasteiger partial charge on any atom is -0.374 e. The largest absolute Gasteiger partial charge is 0.374 e. The Kier molecular flexibility index (Phi) is 6.01. The summed E-state index contributed by atoms with van der Waals surface area (Å²) in [7, 11) is 0. The van der Waals surface area contributed by atoms with Crippen molar-refractivity contribution in [3.63, 3.8) is 0 Å². The molecule has 1 aliphatic rings. The van der Waals surface area contributed by atoms with Crippen LogP contribution in [0.5, 0.6) is 0 Å². The summed E-state index contributed by atoms with van der Waals surface area (Å²) in [5, 5.41) is 4.40. The van der Waals surface area contributed by atoms with E-state index in [4.69, 9.17) is 4.74 Å². The molecule has 4 rings (SSSR count). The lowest BCUT2D eigenvalue weighted by Crippen LogP contribution is -2.32. The van der Waals surface area contributed by atoms with Gasteiger partial charge in [0.2, 0.25) is 0 Å². The molecule has 0 saturated carbocycles. The monoisotopic (exact) mass is 426 g/mol. The zero-order valence-electron chi connectivity index (χ0n) is 17.6. The molecule has 1 aliphatic carbocycles. The third kappa shape index (κ3) is 4.30. The van der Waals surface area contributed by atoms with E-state index in [1.54, 1.807) is 29.1 Å². The number of hydrogen-bond donors (Lipinski definition) is 0. The first-order valence-corrected chi connectivity index (χ1v) is 10.4. The third-order valence-electron chi connectivity index (χ3n) is 5.94. The molecule has 2 aromatic carbocycles. The topological polar surface area (TPSA) is 27.1 Å². The van der Waals surface area contributed by atoms with Crippen LogP contribution in [0.15, 0.2) is 66.4 Å². The van der Waals surface area contributed by atoms with E-state index in [9.17, 15) is 13.2 Å². The van der Waals surface area contributed by atoms with Crippen molar-refractivity contribution in [3.05, 3.63) is 89.0 Å². The first-order chi connectivity index (χ1) is 14.9. The normalized spacial score (nSPS) is 19.2. The van der Waals surface area contributed by atoms with E-state index in [1.807, 2.05) is 44.2 Å². The van der Waals surface area contributed by atoms with Gasteiger partial charge in [0.05, 0.1) is 23.7 Å². The van der Waals surface area contributed by atoms with Crippen LogP contribution in [-0.2, 0) is 11.2 Å². The molecular formula is C25H25F3N2O. The molecule has 1 unspecified atom stereocenters. The Bertz CT molecular complexity index is 1060. The molecule has 0 bridgehead atoms. The molecule has 0 fully saturated rings. The van der Waals surface area contributed by atoms with Crippen molar-refractivity contribution < 1.29 is 17.9 Å². The second kappa shape index (κ2) is 8.71. The van der Waals surface area contributed by atoms with Gasteiger partial charge in [-0.3, -0.25) is 0 Å². The maximum Gasteiger partial charge on any atom is 0.260 e. The number of nitrogens with zero attached hydrogens (tertiary/aromatic N) is 2. The fourth-order valence-electron chi connectivity index (χ4n) is 4.38. The number of aromatic nitrogens is 2.